The van der Waals surface area contributed by atoms with E-state index in [1.54, 1.807) is 22.2 Å². The highest BCUT2D eigenvalue weighted by Gasteiger charge is 2.20. The Morgan fingerprint density at radius 1 is 0.900 bits per heavy atom. The number of carbonyl (C=O) groups is 1. The van der Waals surface area contributed by atoms with Crippen molar-refractivity contribution >= 4 is 33.7 Å². The SMILES string of the molecule is O=C(Nc1nc(-c2cccs2)cs1)c1cn(-c2ccccc2)nc1-c1ccccc1. The number of para-hydroxylation sites is 1. The Balaban J connectivity index is 1.49. The molecule has 0 spiro atoms. The van der Waals surface area contributed by atoms with Crippen LogP contribution in [0.5, 0.6) is 0 Å². The fourth-order valence-electron chi connectivity index (χ4n) is 3.10. The Morgan fingerprint density at radius 3 is 2.40 bits per heavy atom. The van der Waals surface area contributed by atoms with Gasteiger partial charge in [0.15, 0.2) is 5.13 Å². The van der Waals surface area contributed by atoms with Crippen molar-refractivity contribution in [1.82, 2.24) is 14.8 Å². The molecule has 3 aromatic heterocycles. The van der Waals surface area contributed by atoms with Crippen molar-refractivity contribution in [3.05, 3.63) is 95.3 Å². The van der Waals surface area contributed by atoms with E-state index in [-0.39, 0.29) is 5.91 Å². The lowest BCUT2D eigenvalue weighted by Gasteiger charge is -2.02. The molecular weight excluding hydrogens is 412 g/mol. The molecule has 0 radical (unpaired) electrons. The minimum Gasteiger partial charge on any atom is -0.298 e. The zero-order valence-corrected chi connectivity index (χ0v) is 17.4. The molecule has 3 heterocycles. The molecule has 1 N–H and O–H groups in total. The number of nitrogens with one attached hydrogen (secondary N) is 1. The summed E-state index contributed by atoms with van der Waals surface area (Å²) >= 11 is 3.04. The lowest BCUT2D eigenvalue weighted by Crippen LogP contribution is -2.12. The van der Waals surface area contributed by atoms with Crippen LogP contribution < -0.4 is 5.32 Å². The van der Waals surface area contributed by atoms with Crippen LogP contribution in [0.15, 0.2) is 89.8 Å². The van der Waals surface area contributed by atoms with Gasteiger partial charge >= 0.3 is 0 Å². The van der Waals surface area contributed by atoms with Crippen molar-refractivity contribution in [2.75, 3.05) is 5.32 Å². The van der Waals surface area contributed by atoms with E-state index in [1.807, 2.05) is 83.6 Å². The van der Waals surface area contributed by atoms with Gasteiger partial charge in [-0.05, 0) is 23.6 Å². The first-order chi connectivity index (χ1) is 14.8. The summed E-state index contributed by atoms with van der Waals surface area (Å²) < 4.78 is 1.73. The van der Waals surface area contributed by atoms with E-state index in [2.05, 4.69) is 10.3 Å². The monoisotopic (exact) mass is 428 g/mol. The van der Waals surface area contributed by atoms with Gasteiger partial charge < -0.3 is 0 Å². The molecule has 30 heavy (non-hydrogen) atoms. The smallest absolute Gasteiger partial charge is 0.261 e. The minimum absolute atomic E-state index is 0.233. The van der Waals surface area contributed by atoms with Gasteiger partial charge in [-0.3, -0.25) is 10.1 Å². The van der Waals surface area contributed by atoms with E-state index in [1.165, 1.54) is 11.3 Å². The zero-order valence-electron chi connectivity index (χ0n) is 15.7. The highest BCUT2D eigenvalue weighted by Crippen LogP contribution is 2.29. The number of carbonyl (C=O) groups excluding carboxylic acids is 1. The molecule has 0 aliphatic rings. The predicted molar refractivity (Wildman–Crippen MR) is 122 cm³/mol. The van der Waals surface area contributed by atoms with E-state index in [9.17, 15) is 4.79 Å². The van der Waals surface area contributed by atoms with Crippen LogP contribution in [-0.2, 0) is 0 Å². The van der Waals surface area contributed by atoms with Crippen LogP contribution in [0.2, 0.25) is 0 Å². The molecule has 5 nitrogen and oxygen atoms in total. The molecule has 0 saturated carbocycles. The first kappa shape index (κ1) is 18.5. The molecule has 7 heteroatoms. The summed E-state index contributed by atoms with van der Waals surface area (Å²) in [6.45, 7) is 0. The summed E-state index contributed by atoms with van der Waals surface area (Å²) in [5.41, 5.74) is 3.78. The maximum absolute atomic E-state index is 13.2. The van der Waals surface area contributed by atoms with Crippen LogP contribution in [0, 0.1) is 0 Å². The first-order valence-electron chi connectivity index (χ1n) is 9.29. The summed E-state index contributed by atoms with van der Waals surface area (Å²) in [5, 5.41) is 12.2. The molecule has 0 bridgehead atoms. The number of thiazole rings is 1. The molecular formula is C23H16N4OS2. The number of anilines is 1. The number of amides is 1. The molecule has 0 unspecified atom stereocenters. The third kappa shape index (κ3) is 3.68. The average molecular weight is 429 g/mol. The summed E-state index contributed by atoms with van der Waals surface area (Å²) in [6.07, 6.45) is 1.76. The summed E-state index contributed by atoms with van der Waals surface area (Å²) in [4.78, 5) is 18.8. The van der Waals surface area contributed by atoms with Gasteiger partial charge in [0, 0.05) is 17.1 Å². The third-order valence-electron chi connectivity index (χ3n) is 4.53. The van der Waals surface area contributed by atoms with Crippen LogP contribution in [-0.4, -0.2) is 20.7 Å². The van der Waals surface area contributed by atoms with Gasteiger partial charge in [-0.1, -0.05) is 54.6 Å². The van der Waals surface area contributed by atoms with Gasteiger partial charge in [0.05, 0.1) is 21.8 Å². The largest absolute Gasteiger partial charge is 0.298 e. The molecule has 146 valence electrons. The van der Waals surface area contributed by atoms with Gasteiger partial charge in [-0.2, -0.15) is 5.10 Å². The predicted octanol–water partition coefficient (Wildman–Crippen LogP) is 5.98. The Bertz CT molecular complexity index is 1280. The fourth-order valence-corrected chi connectivity index (χ4v) is 4.56. The lowest BCUT2D eigenvalue weighted by molar-refractivity contribution is 0.102. The third-order valence-corrected chi connectivity index (χ3v) is 6.18. The second-order valence-corrected chi connectivity index (χ2v) is 8.31. The number of nitrogens with zero attached hydrogens (tertiary/aromatic N) is 3. The van der Waals surface area contributed by atoms with Gasteiger partial charge in [-0.15, -0.1) is 22.7 Å². The van der Waals surface area contributed by atoms with Crippen molar-refractivity contribution < 1.29 is 4.79 Å². The second kappa shape index (κ2) is 8.06. The number of aromatic nitrogens is 3. The highest BCUT2D eigenvalue weighted by atomic mass is 32.1. The van der Waals surface area contributed by atoms with E-state index in [0.717, 1.165) is 21.8 Å². The molecule has 5 aromatic rings. The van der Waals surface area contributed by atoms with Crippen molar-refractivity contribution in [2.45, 2.75) is 0 Å². The Kier molecular flexibility index (Phi) is 4.96. The van der Waals surface area contributed by atoms with Gasteiger partial charge in [0.1, 0.15) is 5.69 Å². The van der Waals surface area contributed by atoms with E-state index in [4.69, 9.17) is 5.10 Å². The van der Waals surface area contributed by atoms with Gasteiger partial charge in [0.2, 0.25) is 0 Å². The van der Waals surface area contributed by atoms with Gasteiger partial charge in [0.25, 0.3) is 5.91 Å². The van der Waals surface area contributed by atoms with E-state index >= 15 is 0 Å². The molecule has 0 fully saturated rings. The lowest BCUT2D eigenvalue weighted by atomic mass is 10.1. The maximum Gasteiger partial charge on any atom is 0.261 e. The molecule has 5 rings (SSSR count). The van der Waals surface area contributed by atoms with Crippen LogP contribution >= 0.6 is 22.7 Å². The molecule has 2 aromatic carbocycles. The quantitative estimate of drug-likeness (QED) is 0.375. The topological polar surface area (TPSA) is 59.8 Å². The Morgan fingerprint density at radius 2 is 1.67 bits per heavy atom. The number of thiophene rings is 1. The average Bonchev–Trinajstić information content (AvgIpc) is 3.55. The molecule has 0 saturated heterocycles. The van der Waals surface area contributed by atoms with Gasteiger partial charge in [-0.25, -0.2) is 9.67 Å². The van der Waals surface area contributed by atoms with E-state index in [0.29, 0.717) is 16.4 Å². The fraction of sp³-hybridized carbons (Fsp3) is 0. The molecule has 0 aliphatic heterocycles. The van der Waals surface area contributed by atoms with Crippen molar-refractivity contribution in [3.63, 3.8) is 0 Å². The second-order valence-electron chi connectivity index (χ2n) is 6.51. The van der Waals surface area contributed by atoms with Crippen LogP contribution in [0.25, 0.3) is 27.5 Å². The number of hydrogen-bond donors (Lipinski definition) is 1. The van der Waals surface area contributed by atoms with Crippen molar-refractivity contribution in [3.8, 4) is 27.5 Å². The van der Waals surface area contributed by atoms with Crippen molar-refractivity contribution in [1.29, 1.82) is 0 Å². The molecule has 1 amide bonds. The highest BCUT2D eigenvalue weighted by molar-refractivity contribution is 7.16. The Labute approximate surface area is 181 Å². The van der Waals surface area contributed by atoms with Crippen molar-refractivity contribution in [2.24, 2.45) is 0 Å². The molecule has 0 aliphatic carbocycles. The first-order valence-corrected chi connectivity index (χ1v) is 11.0. The standard InChI is InChI=1S/C23H16N4OS2/c28-22(25-23-24-19(15-30-23)20-12-7-13-29-20)18-14-27(17-10-5-2-6-11-17)26-21(18)16-8-3-1-4-9-16/h1-15H,(H,24,25,28). The number of benzene rings is 2. The van der Waals surface area contributed by atoms with Crippen LogP contribution in [0.4, 0.5) is 5.13 Å². The summed E-state index contributed by atoms with van der Waals surface area (Å²) in [7, 11) is 0. The Hall–Kier alpha value is -3.55. The van der Waals surface area contributed by atoms with Crippen LogP contribution in [0.3, 0.4) is 0 Å². The zero-order chi connectivity index (χ0) is 20.3. The summed E-state index contributed by atoms with van der Waals surface area (Å²) in [5.74, 6) is -0.233. The molecule has 0 atom stereocenters. The minimum atomic E-state index is -0.233. The number of hydrogen-bond acceptors (Lipinski definition) is 5. The summed E-state index contributed by atoms with van der Waals surface area (Å²) in [6, 6.07) is 23.5. The normalized spacial score (nSPS) is 10.8. The van der Waals surface area contributed by atoms with E-state index < -0.39 is 0 Å². The number of rotatable bonds is 5. The maximum atomic E-state index is 13.2. The van der Waals surface area contributed by atoms with Crippen LogP contribution in [0.1, 0.15) is 10.4 Å².